The number of aromatic nitrogens is 2. The zero-order valence-electron chi connectivity index (χ0n) is 13.2. The van der Waals surface area contributed by atoms with Crippen LogP contribution in [0, 0.1) is 11.6 Å². The van der Waals surface area contributed by atoms with E-state index in [0.29, 0.717) is 16.9 Å². The molecule has 0 saturated heterocycles. The average Bonchev–Trinajstić information content (AvgIpc) is 2.62. The third-order valence-corrected chi connectivity index (χ3v) is 4.10. The van der Waals surface area contributed by atoms with Gasteiger partial charge in [-0.2, -0.15) is 9.78 Å². The summed E-state index contributed by atoms with van der Waals surface area (Å²) in [5.74, 6) is -1.85. The molecule has 3 rings (SSSR count). The lowest BCUT2D eigenvalue weighted by Gasteiger charge is -2.17. The van der Waals surface area contributed by atoms with Gasteiger partial charge in [-0.15, -0.1) is 0 Å². The second kappa shape index (κ2) is 7.03. The Labute approximate surface area is 147 Å². The number of rotatable bonds is 4. The SMILES string of the molecule is C[C@@H](Nc1cnn(-c2ccccc2)c(=O)c1Cl)c1ccc(F)c(F)c1. The minimum atomic E-state index is -0.935. The predicted octanol–water partition coefficient (Wildman–Crippen LogP) is 4.34. The normalized spacial score (nSPS) is 12.0. The average molecular weight is 362 g/mol. The monoisotopic (exact) mass is 361 g/mol. The van der Waals surface area contributed by atoms with Crippen molar-refractivity contribution in [3.05, 3.63) is 87.3 Å². The van der Waals surface area contributed by atoms with Crippen molar-refractivity contribution >= 4 is 17.3 Å². The first-order valence-corrected chi connectivity index (χ1v) is 7.90. The van der Waals surface area contributed by atoms with E-state index in [1.807, 2.05) is 6.07 Å². The molecule has 0 aliphatic heterocycles. The number of benzene rings is 2. The summed E-state index contributed by atoms with van der Waals surface area (Å²) < 4.78 is 27.6. The molecule has 2 aromatic carbocycles. The molecular weight excluding hydrogens is 348 g/mol. The van der Waals surface area contributed by atoms with Crippen LogP contribution < -0.4 is 10.9 Å². The summed E-state index contributed by atoms with van der Waals surface area (Å²) in [5, 5.41) is 7.07. The first-order valence-electron chi connectivity index (χ1n) is 7.52. The molecule has 0 aliphatic carbocycles. The number of anilines is 1. The van der Waals surface area contributed by atoms with Crippen molar-refractivity contribution in [1.29, 1.82) is 0 Å². The molecule has 0 spiro atoms. The highest BCUT2D eigenvalue weighted by Gasteiger charge is 2.14. The topological polar surface area (TPSA) is 46.9 Å². The van der Waals surface area contributed by atoms with Gasteiger partial charge in [0.25, 0.3) is 5.56 Å². The summed E-state index contributed by atoms with van der Waals surface area (Å²) in [4.78, 5) is 12.4. The zero-order chi connectivity index (χ0) is 18.0. The molecule has 0 amide bonds. The number of nitrogens with zero attached hydrogens (tertiary/aromatic N) is 2. The molecule has 128 valence electrons. The van der Waals surface area contributed by atoms with Gasteiger partial charge < -0.3 is 5.32 Å². The molecule has 1 aromatic heterocycles. The van der Waals surface area contributed by atoms with E-state index in [1.54, 1.807) is 31.2 Å². The lowest BCUT2D eigenvalue weighted by Crippen LogP contribution is -2.23. The van der Waals surface area contributed by atoms with Crippen molar-refractivity contribution in [2.24, 2.45) is 0 Å². The summed E-state index contributed by atoms with van der Waals surface area (Å²) >= 11 is 6.17. The van der Waals surface area contributed by atoms with Crippen LogP contribution >= 0.6 is 11.6 Å². The minimum absolute atomic E-state index is 0.0340. The first-order chi connectivity index (χ1) is 12.0. The molecule has 25 heavy (non-hydrogen) atoms. The summed E-state index contributed by atoms with van der Waals surface area (Å²) in [6.07, 6.45) is 1.42. The molecule has 0 saturated carbocycles. The number of para-hydroxylation sites is 1. The van der Waals surface area contributed by atoms with Crippen LogP contribution in [-0.4, -0.2) is 9.78 Å². The highest BCUT2D eigenvalue weighted by Crippen LogP contribution is 2.24. The van der Waals surface area contributed by atoms with E-state index in [0.717, 1.165) is 12.1 Å². The van der Waals surface area contributed by atoms with Crippen molar-refractivity contribution in [1.82, 2.24) is 9.78 Å². The quantitative estimate of drug-likeness (QED) is 0.752. The van der Waals surface area contributed by atoms with Gasteiger partial charge in [0.2, 0.25) is 0 Å². The fourth-order valence-corrected chi connectivity index (χ4v) is 2.57. The van der Waals surface area contributed by atoms with Crippen LogP contribution in [0.15, 0.2) is 59.5 Å². The van der Waals surface area contributed by atoms with E-state index < -0.39 is 23.2 Å². The molecule has 4 nitrogen and oxygen atoms in total. The standard InChI is InChI=1S/C18H14ClF2N3O/c1-11(12-7-8-14(20)15(21)9-12)23-16-10-22-24(18(25)17(16)19)13-5-3-2-4-6-13/h2-11,23H,1H3/t11-/m1/s1. The van der Waals surface area contributed by atoms with E-state index in [-0.39, 0.29) is 5.02 Å². The van der Waals surface area contributed by atoms with Crippen molar-refractivity contribution < 1.29 is 8.78 Å². The summed E-state index contributed by atoms with van der Waals surface area (Å²) in [6, 6.07) is 12.1. The Morgan fingerprint density at radius 3 is 2.52 bits per heavy atom. The molecule has 0 radical (unpaired) electrons. The van der Waals surface area contributed by atoms with Crippen LogP contribution in [0.1, 0.15) is 18.5 Å². The maximum Gasteiger partial charge on any atom is 0.292 e. The third-order valence-electron chi connectivity index (χ3n) is 3.74. The fraction of sp³-hybridized carbons (Fsp3) is 0.111. The zero-order valence-corrected chi connectivity index (χ0v) is 14.0. The minimum Gasteiger partial charge on any atom is -0.376 e. The van der Waals surface area contributed by atoms with Gasteiger partial charge in [0.1, 0.15) is 5.02 Å². The van der Waals surface area contributed by atoms with Gasteiger partial charge >= 0.3 is 0 Å². The lowest BCUT2D eigenvalue weighted by molar-refractivity contribution is 0.506. The maximum atomic E-state index is 13.4. The van der Waals surface area contributed by atoms with E-state index >= 15 is 0 Å². The highest BCUT2D eigenvalue weighted by molar-refractivity contribution is 6.32. The Kier molecular flexibility index (Phi) is 4.81. The number of nitrogens with one attached hydrogen (secondary N) is 1. The van der Waals surface area contributed by atoms with Crippen LogP contribution in [-0.2, 0) is 0 Å². The van der Waals surface area contributed by atoms with Gasteiger partial charge in [-0.05, 0) is 36.8 Å². The highest BCUT2D eigenvalue weighted by atomic mass is 35.5. The molecule has 1 heterocycles. The van der Waals surface area contributed by atoms with E-state index in [9.17, 15) is 13.6 Å². The molecule has 0 bridgehead atoms. The largest absolute Gasteiger partial charge is 0.376 e. The van der Waals surface area contributed by atoms with E-state index in [1.165, 1.54) is 16.9 Å². The predicted molar refractivity (Wildman–Crippen MR) is 93.2 cm³/mol. The van der Waals surface area contributed by atoms with E-state index in [2.05, 4.69) is 10.4 Å². The maximum absolute atomic E-state index is 13.4. The van der Waals surface area contributed by atoms with E-state index in [4.69, 9.17) is 11.6 Å². The van der Waals surface area contributed by atoms with Crippen molar-refractivity contribution in [3.8, 4) is 5.69 Å². The fourth-order valence-electron chi connectivity index (χ4n) is 2.38. The van der Waals surface area contributed by atoms with Crippen LogP contribution in [0.4, 0.5) is 14.5 Å². The third kappa shape index (κ3) is 3.53. The van der Waals surface area contributed by atoms with Crippen LogP contribution in [0.5, 0.6) is 0 Å². The first kappa shape index (κ1) is 17.1. The second-order valence-corrected chi connectivity index (χ2v) is 5.84. The Bertz CT molecular complexity index is 960. The molecule has 0 aliphatic rings. The second-order valence-electron chi connectivity index (χ2n) is 5.46. The Morgan fingerprint density at radius 2 is 1.84 bits per heavy atom. The Morgan fingerprint density at radius 1 is 1.12 bits per heavy atom. The number of halogens is 3. The molecule has 1 atom stereocenters. The van der Waals surface area contributed by atoms with Gasteiger partial charge in [0, 0.05) is 6.04 Å². The number of hydrogen-bond donors (Lipinski definition) is 1. The molecule has 3 aromatic rings. The van der Waals surface area contributed by atoms with Crippen molar-refractivity contribution in [2.45, 2.75) is 13.0 Å². The Hall–Kier alpha value is -2.73. The van der Waals surface area contributed by atoms with Gasteiger partial charge in [-0.3, -0.25) is 4.79 Å². The van der Waals surface area contributed by atoms with Gasteiger partial charge in [-0.25, -0.2) is 8.78 Å². The molecular formula is C18H14ClF2N3O. The number of hydrogen-bond acceptors (Lipinski definition) is 3. The molecule has 0 unspecified atom stereocenters. The summed E-state index contributed by atoms with van der Waals surface area (Å²) in [5.41, 5.74) is 0.947. The lowest BCUT2D eigenvalue weighted by atomic mass is 10.1. The van der Waals surface area contributed by atoms with Crippen LogP contribution in [0.25, 0.3) is 5.69 Å². The smallest absolute Gasteiger partial charge is 0.292 e. The van der Waals surface area contributed by atoms with Crippen molar-refractivity contribution in [3.63, 3.8) is 0 Å². The van der Waals surface area contributed by atoms with Crippen LogP contribution in [0.3, 0.4) is 0 Å². The Balaban J connectivity index is 1.89. The van der Waals surface area contributed by atoms with Gasteiger partial charge in [0.05, 0.1) is 17.6 Å². The van der Waals surface area contributed by atoms with Crippen molar-refractivity contribution in [2.75, 3.05) is 5.32 Å². The molecule has 7 heteroatoms. The van der Waals surface area contributed by atoms with Gasteiger partial charge in [-0.1, -0.05) is 35.9 Å². The molecule has 1 N–H and O–H groups in total. The van der Waals surface area contributed by atoms with Crippen LogP contribution in [0.2, 0.25) is 5.02 Å². The van der Waals surface area contributed by atoms with Gasteiger partial charge in [0.15, 0.2) is 11.6 Å². The molecule has 0 fully saturated rings. The summed E-state index contributed by atoms with van der Waals surface area (Å²) in [6.45, 7) is 1.74. The summed E-state index contributed by atoms with van der Waals surface area (Å²) in [7, 11) is 0.